The van der Waals surface area contributed by atoms with Crippen molar-refractivity contribution in [2.75, 3.05) is 13.1 Å². The standard InChI is InChI=1S/C18H21N5O/c1-12-2-4-13(5-3-12)17-14-11-23(9-6-15(14)21-22-17)18(24)16-10-19-7-8-20-16/h2-5,7-8,10,14-15,17,21-22H,6,9,11H2,1H3. The van der Waals surface area contributed by atoms with Crippen LogP contribution in [0.1, 0.15) is 34.1 Å². The van der Waals surface area contributed by atoms with E-state index in [1.54, 1.807) is 12.4 Å². The largest absolute Gasteiger partial charge is 0.337 e. The van der Waals surface area contributed by atoms with Crippen LogP contribution >= 0.6 is 0 Å². The topological polar surface area (TPSA) is 70.2 Å². The second-order valence-corrected chi connectivity index (χ2v) is 6.58. The zero-order valence-corrected chi connectivity index (χ0v) is 13.6. The van der Waals surface area contributed by atoms with E-state index in [-0.39, 0.29) is 11.9 Å². The van der Waals surface area contributed by atoms with Crippen molar-refractivity contribution in [1.29, 1.82) is 0 Å². The lowest BCUT2D eigenvalue weighted by molar-refractivity contribution is 0.0646. The zero-order chi connectivity index (χ0) is 16.5. The molecule has 1 aromatic carbocycles. The van der Waals surface area contributed by atoms with Gasteiger partial charge in [-0.2, -0.15) is 0 Å². The number of aromatic nitrogens is 2. The second kappa shape index (κ2) is 6.30. The monoisotopic (exact) mass is 323 g/mol. The quantitative estimate of drug-likeness (QED) is 0.876. The molecule has 2 aliphatic heterocycles. The van der Waals surface area contributed by atoms with Crippen molar-refractivity contribution in [2.24, 2.45) is 5.92 Å². The average molecular weight is 323 g/mol. The molecule has 2 aliphatic rings. The minimum absolute atomic E-state index is 0.0314. The molecule has 6 heteroatoms. The molecule has 3 heterocycles. The first-order valence-corrected chi connectivity index (χ1v) is 8.35. The van der Waals surface area contributed by atoms with Gasteiger partial charge in [-0.15, -0.1) is 0 Å². The molecule has 1 aromatic heterocycles. The number of hydrazine groups is 1. The van der Waals surface area contributed by atoms with Crippen LogP contribution < -0.4 is 10.9 Å². The lowest BCUT2D eigenvalue weighted by atomic mass is 9.85. The molecular formula is C18H21N5O. The third-order valence-electron chi connectivity index (χ3n) is 5.02. The summed E-state index contributed by atoms with van der Waals surface area (Å²) in [5.41, 5.74) is 9.75. The summed E-state index contributed by atoms with van der Waals surface area (Å²) >= 11 is 0. The maximum absolute atomic E-state index is 12.7. The molecule has 0 saturated carbocycles. The van der Waals surface area contributed by atoms with Crippen molar-refractivity contribution < 1.29 is 4.79 Å². The summed E-state index contributed by atoms with van der Waals surface area (Å²) < 4.78 is 0. The van der Waals surface area contributed by atoms with Crippen LogP contribution in [0.25, 0.3) is 0 Å². The van der Waals surface area contributed by atoms with Gasteiger partial charge in [0.25, 0.3) is 5.91 Å². The van der Waals surface area contributed by atoms with Crippen LogP contribution in [0.5, 0.6) is 0 Å². The van der Waals surface area contributed by atoms with Gasteiger partial charge in [0.1, 0.15) is 5.69 Å². The molecule has 6 nitrogen and oxygen atoms in total. The van der Waals surface area contributed by atoms with E-state index >= 15 is 0 Å². The number of amides is 1. The summed E-state index contributed by atoms with van der Waals surface area (Å²) in [5, 5.41) is 0. The van der Waals surface area contributed by atoms with Crippen LogP contribution in [-0.2, 0) is 0 Å². The predicted molar refractivity (Wildman–Crippen MR) is 90.0 cm³/mol. The molecule has 24 heavy (non-hydrogen) atoms. The van der Waals surface area contributed by atoms with Crippen molar-refractivity contribution in [3.05, 3.63) is 59.7 Å². The maximum Gasteiger partial charge on any atom is 0.274 e. The number of benzene rings is 1. The fourth-order valence-corrected chi connectivity index (χ4v) is 3.66. The van der Waals surface area contributed by atoms with Crippen LogP contribution in [0.4, 0.5) is 0 Å². The van der Waals surface area contributed by atoms with Crippen LogP contribution in [0.15, 0.2) is 42.9 Å². The Balaban J connectivity index is 1.53. The van der Waals surface area contributed by atoms with E-state index in [0.29, 0.717) is 17.7 Å². The average Bonchev–Trinajstić information content (AvgIpc) is 3.05. The molecule has 124 valence electrons. The Morgan fingerprint density at radius 3 is 2.79 bits per heavy atom. The highest BCUT2D eigenvalue weighted by atomic mass is 16.2. The van der Waals surface area contributed by atoms with Gasteiger partial charge in [0, 0.05) is 37.4 Å². The Morgan fingerprint density at radius 2 is 2.04 bits per heavy atom. The molecule has 0 radical (unpaired) electrons. The van der Waals surface area contributed by atoms with E-state index in [4.69, 9.17) is 0 Å². The number of piperidine rings is 1. The molecule has 3 unspecified atom stereocenters. The van der Waals surface area contributed by atoms with Gasteiger partial charge >= 0.3 is 0 Å². The molecule has 0 bridgehead atoms. The highest BCUT2D eigenvalue weighted by Gasteiger charge is 2.41. The number of nitrogens with one attached hydrogen (secondary N) is 2. The van der Waals surface area contributed by atoms with Gasteiger partial charge in [0.2, 0.25) is 0 Å². The van der Waals surface area contributed by atoms with E-state index in [9.17, 15) is 4.79 Å². The summed E-state index contributed by atoms with van der Waals surface area (Å²) in [7, 11) is 0. The van der Waals surface area contributed by atoms with Gasteiger partial charge < -0.3 is 4.90 Å². The number of fused-ring (bicyclic) bond motifs is 1. The number of hydrogen-bond donors (Lipinski definition) is 2. The summed E-state index contributed by atoms with van der Waals surface area (Å²) in [6.07, 6.45) is 5.62. The lowest BCUT2D eigenvalue weighted by Crippen LogP contribution is -2.48. The van der Waals surface area contributed by atoms with Gasteiger partial charge in [-0.05, 0) is 18.9 Å². The summed E-state index contributed by atoms with van der Waals surface area (Å²) in [4.78, 5) is 22.7. The molecule has 3 atom stereocenters. The minimum atomic E-state index is -0.0314. The van der Waals surface area contributed by atoms with E-state index in [0.717, 1.165) is 19.5 Å². The SMILES string of the molecule is Cc1ccc(C2NNC3CCN(C(=O)c4cnccn4)CC32)cc1. The third-order valence-corrected chi connectivity index (χ3v) is 5.02. The highest BCUT2D eigenvalue weighted by molar-refractivity contribution is 5.92. The second-order valence-electron chi connectivity index (χ2n) is 6.58. The van der Waals surface area contributed by atoms with Gasteiger partial charge in [-0.3, -0.25) is 15.2 Å². The zero-order valence-electron chi connectivity index (χ0n) is 13.6. The van der Waals surface area contributed by atoms with Gasteiger partial charge in [-0.1, -0.05) is 29.8 Å². The normalized spacial score (nSPS) is 26.2. The van der Waals surface area contributed by atoms with Gasteiger partial charge in [-0.25, -0.2) is 10.4 Å². The maximum atomic E-state index is 12.7. The van der Waals surface area contributed by atoms with Gasteiger partial charge in [0.15, 0.2) is 0 Å². The lowest BCUT2D eigenvalue weighted by Gasteiger charge is -2.36. The number of rotatable bonds is 2. The molecule has 4 rings (SSSR count). The van der Waals surface area contributed by atoms with Crippen LogP contribution in [0.2, 0.25) is 0 Å². The van der Waals surface area contributed by atoms with Crippen molar-refractivity contribution in [1.82, 2.24) is 25.7 Å². The number of carbonyl (C=O) groups excluding carboxylic acids is 1. The Morgan fingerprint density at radius 1 is 1.21 bits per heavy atom. The molecule has 2 fully saturated rings. The van der Waals surface area contributed by atoms with E-state index in [1.165, 1.54) is 17.3 Å². The number of likely N-dealkylation sites (tertiary alicyclic amines) is 1. The number of aryl methyl sites for hydroxylation is 1. The van der Waals surface area contributed by atoms with Crippen molar-refractivity contribution in [2.45, 2.75) is 25.4 Å². The molecule has 1 amide bonds. The van der Waals surface area contributed by atoms with Crippen molar-refractivity contribution in [3.8, 4) is 0 Å². The van der Waals surface area contributed by atoms with Crippen LogP contribution in [0.3, 0.4) is 0 Å². The van der Waals surface area contributed by atoms with Crippen molar-refractivity contribution >= 4 is 5.91 Å². The first kappa shape index (κ1) is 15.2. The Bertz CT molecular complexity index is 718. The Labute approximate surface area is 141 Å². The minimum Gasteiger partial charge on any atom is -0.337 e. The summed E-state index contributed by atoms with van der Waals surface area (Å²) in [6.45, 7) is 3.55. The molecule has 0 aliphatic carbocycles. The fourth-order valence-electron chi connectivity index (χ4n) is 3.66. The van der Waals surface area contributed by atoms with Crippen molar-refractivity contribution in [3.63, 3.8) is 0 Å². The van der Waals surface area contributed by atoms with Crippen LogP contribution in [-0.4, -0.2) is 39.9 Å². The van der Waals surface area contributed by atoms with Gasteiger partial charge in [0.05, 0.1) is 12.2 Å². The smallest absolute Gasteiger partial charge is 0.274 e. The molecule has 0 spiro atoms. The summed E-state index contributed by atoms with van der Waals surface area (Å²) in [6, 6.07) is 9.21. The van der Waals surface area contributed by atoms with E-state index in [1.807, 2.05) is 4.90 Å². The van der Waals surface area contributed by atoms with E-state index in [2.05, 4.69) is 52.0 Å². The summed E-state index contributed by atoms with van der Waals surface area (Å²) in [5.74, 6) is 0.318. The molecule has 2 N–H and O–H groups in total. The number of hydrogen-bond acceptors (Lipinski definition) is 5. The fraction of sp³-hybridized carbons (Fsp3) is 0.389. The van der Waals surface area contributed by atoms with E-state index < -0.39 is 0 Å². The Kier molecular flexibility index (Phi) is 4.00. The highest BCUT2D eigenvalue weighted by Crippen LogP contribution is 2.34. The first-order chi connectivity index (χ1) is 11.7. The Hall–Kier alpha value is -2.31. The number of carbonyl (C=O) groups is 1. The first-order valence-electron chi connectivity index (χ1n) is 8.35. The molecule has 2 aromatic rings. The molecular weight excluding hydrogens is 302 g/mol. The number of nitrogens with zero attached hydrogens (tertiary/aromatic N) is 3. The molecule has 2 saturated heterocycles. The van der Waals surface area contributed by atoms with Crippen LogP contribution in [0, 0.1) is 12.8 Å². The third kappa shape index (κ3) is 2.79. The predicted octanol–water partition coefficient (Wildman–Crippen LogP) is 1.46.